The number of allylic oxidation sites excluding steroid dienone is 3. The highest BCUT2D eigenvalue weighted by atomic mass is 28.4. The van der Waals surface area contributed by atoms with E-state index in [9.17, 15) is 4.79 Å². The molecule has 0 radical (unpaired) electrons. The van der Waals surface area contributed by atoms with Gasteiger partial charge in [-0.2, -0.15) is 0 Å². The lowest BCUT2D eigenvalue weighted by atomic mass is 9.85. The molecule has 0 aromatic rings. The highest BCUT2D eigenvalue weighted by Crippen LogP contribution is 2.40. The van der Waals surface area contributed by atoms with Crippen molar-refractivity contribution in [1.82, 2.24) is 0 Å². The van der Waals surface area contributed by atoms with Crippen LogP contribution >= 0.6 is 0 Å². The van der Waals surface area contributed by atoms with E-state index in [1.807, 2.05) is 39.8 Å². The van der Waals surface area contributed by atoms with E-state index in [1.165, 1.54) is 12.8 Å². The quantitative estimate of drug-likeness (QED) is 0.0497. The number of methoxy groups -OCH3 is 2. The maximum absolute atomic E-state index is 13.1. The Morgan fingerprint density at radius 3 is 2.21 bits per heavy atom. The number of ether oxygens (including phenoxy) is 4. The van der Waals surface area contributed by atoms with Gasteiger partial charge in [-0.15, -0.1) is 0 Å². The van der Waals surface area contributed by atoms with Crippen LogP contribution in [0.25, 0.3) is 0 Å². The van der Waals surface area contributed by atoms with E-state index in [0.717, 1.165) is 44.9 Å². The summed E-state index contributed by atoms with van der Waals surface area (Å²) in [5.74, 6) is -0.711. The van der Waals surface area contributed by atoms with Crippen LogP contribution in [0, 0.1) is 11.8 Å². The molecular weight excluding hydrogens is 496 g/mol. The van der Waals surface area contributed by atoms with Gasteiger partial charge in [0, 0.05) is 46.5 Å². The molecule has 1 unspecified atom stereocenters. The summed E-state index contributed by atoms with van der Waals surface area (Å²) >= 11 is 0. The summed E-state index contributed by atoms with van der Waals surface area (Å²) in [4.78, 5) is 13.1. The zero-order valence-corrected chi connectivity index (χ0v) is 27.1. The number of hydrogen-bond acceptors (Lipinski definition) is 6. The van der Waals surface area contributed by atoms with Crippen LogP contribution < -0.4 is 0 Å². The van der Waals surface area contributed by atoms with Crippen LogP contribution in [0.1, 0.15) is 98.8 Å². The second-order valence-electron chi connectivity index (χ2n) is 12.5. The van der Waals surface area contributed by atoms with E-state index >= 15 is 0 Å². The molecule has 0 bridgehead atoms. The summed E-state index contributed by atoms with van der Waals surface area (Å²) in [5, 5.41) is 0. The van der Waals surface area contributed by atoms with Crippen LogP contribution in [-0.4, -0.2) is 52.1 Å². The Bertz CT molecular complexity index is 724. The van der Waals surface area contributed by atoms with Crippen LogP contribution in [0.2, 0.25) is 19.6 Å². The third-order valence-corrected chi connectivity index (χ3v) is 8.30. The Hall–Kier alpha value is -0.993. The van der Waals surface area contributed by atoms with Crippen LogP contribution in [-0.2, 0) is 28.2 Å². The van der Waals surface area contributed by atoms with Crippen molar-refractivity contribution in [3.8, 4) is 0 Å². The zero-order valence-electron chi connectivity index (χ0n) is 26.1. The molecule has 1 aliphatic carbocycles. The summed E-state index contributed by atoms with van der Waals surface area (Å²) in [5.41, 5.74) is 0. The van der Waals surface area contributed by atoms with Gasteiger partial charge in [0.1, 0.15) is 5.78 Å². The van der Waals surface area contributed by atoms with Gasteiger partial charge in [-0.1, -0.05) is 38.3 Å². The van der Waals surface area contributed by atoms with Crippen molar-refractivity contribution in [2.45, 2.75) is 142 Å². The monoisotopic (exact) mass is 554 g/mol. The number of carbonyl (C=O) groups excluding carboxylic acids is 1. The average molecular weight is 555 g/mol. The van der Waals surface area contributed by atoms with Crippen LogP contribution in [0.4, 0.5) is 0 Å². The number of Topliss-reactive ketones (excluding diaryl/α,β-unsaturated/α-hetero) is 1. The van der Waals surface area contributed by atoms with Gasteiger partial charge >= 0.3 is 0 Å². The fourth-order valence-corrected chi connectivity index (χ4v) is 6.24. The molecule has 0 aromatic carbocycles. The molecule has 6 nitrogen and oxygen atoms in total. The van der Waals surface area contributed by atoms with Crippen LogP contribution in [0.5, 0.6) is 0 Å². The van der Waals surface area contributed by atoms with E-state index in [-0.39, 0.29) is 17.9 Å². The number of rotatable bonds is 20. The molecule has 0 aromatic heterocycles. The third kappa shape index (κ3) is 14.4. The molecule has 0 amide bonds. The van der Waals surface area contributed by atoms with Gasteiger partial charge in [0.05, 0.1) is 12.4 Å². The van der Waals surface area contributed by atoms with E-state index in [1.54, 1.807) is 20.5 Å². The number of carbonyl (C=O) groups is 1. The van der Waals surface area contributed by atoms with Crippen molar-refractivity contribution in [1.29, 1.82) is 0 Å². The lowest BCUT2D eigenvalue weighted by Crippen LogP contribution is -2.35. The molecule has 38 heavy (non-hydrogen) atoms. The Morgan fingerprint density at radius 2 is 1.61 bits per heavy atom. The molecule has 4 atom stereocenters. The van der Waals surface area contributed by atoms with Crippen LogP contribution in [0.3, 0.4) is 0 Å². The first-order chi connectivity index (χ1) is 17.7. The Balaban J connectivity index is 2.75. The number of unbranched alkanes of at least 4 members (excludes halogenated alkanes) is 2. The van der Waals surface area contributed by atoms with E-state index in [4.69, 9.17) is 23.4 Å². The van der Waals surface area contributed by atoms with Gasteiger partial charge in [0.2, 0.25) is 5.79 Å². The lowest BCUT2D eigenvalue weighted by Gasteiger charge is -2.32. The van der Waals surface area contributed by atoms with Crippen molar-refractivity contribution in [2.75, 3.05) is 14.2 Å². The highest BCUT2D eigenvalue weighted by Gasteiger charge is 2.44. The largest absolute Gasteiger partial charge is 0.471 e. The molecule has 222 valence electrons. The van der Waals surface area contributed by atoms with Crippen molar-refractivity contribution >= 4 is 14.1 Å². The smallest absolute Gasteiger partial charge is 0.203 e. The van der Waals surface area contributed by atoms with Crippen molar-refractivity contribution < 1.29 is 28.2 Å². The highest BCUT2D eigenvalue weighted by molar-refractivity contribution is 6.69. The average Bonchev–Trinajstić information content (AvgIpc) is 3.11. The Morgan fingerprint density at radius 1 is 0.947 bits per heavy atom. The molecular formula is C31H58O6Si. The summed E-state index contributed by atoms with van der Waals surface area (Å²) in [6, 6.07) is 0. The molecule has 0 saturated heterocycles. The van der Waals surface area contributed by atoms with Gasteiger partial charge in [-0.25, -0.2) is 0 Å². The summed E-state index contributed by atoms with van der Waals surface area (Å²) in [6.45, 7) is 16.6. The molecule has 1 saturated carbocycles. The summed E-state index contributed by atoms with van der Waals surface area (Å²) < 4.78 is 29.2. The standard InChI is InChI=1S/C31H58O6Si/c1-11-12-19-25(37-38(8,9)10)20-18-22-27-26(28(32)24-29(27)36-31(4,5)34-7)21-16-14-13-15-17-23-35-30(2,3)33-6/h13,15,17,23,25-27,29H,11-12,14,16,18-22,24H2,1-10H3/t25?,26-,27-,29-/m1/s1. The Kier molecular flexibility index (Phi) is 15.6. The van der Waals surface area contributed by atoms with Crippen molar-refractivity contribution in [2.24, 2.45) is 11.8 Å². The van der Waals surface area contributed by atoms with Crippen molar-refractivity contribution in [3.63, 3.8) is 0 Å². The van der Waals surface area contributed by atoms with E-state index in [0.29, 0.717) is 18.3 Å². The third-order valence-electron chi connectivity index (χ3n) is 7.26. The van der Waals surface area contributed by atoms with Crippen LogP contribution in [0.15, 0.2) is 24.5 Å². The van der Waals surface area contributed by atoms with Crippen molar-refractivity contribution in [3.05, 3.63) is 24.5 Å². The fourth-order valence-electron chi connectivity index (χ4n) is 5.01. The second-order valence-corrected chi connectivity index (χ2v) is 17.0. The first-order valence-corrected chi connectivity index (χ1v) is 18.1. The SMILES string of the molecule is CCCCC(CCC[C@H]1[C@H](OC(C)(C)OC)CC(=O)[C@@H]1CCCC=CC=COC(C)(C)OC)O[Si](C)(C)C. The molecule has 1 rings (SSSR count). The number of ketones is 1. The normalized spacial score (nSPS) is 22.2. The second kappa shape index (κ2) is 17.0. The van der Waals surface area contributed by atoms with Gasteiger partial charge in [0.25, 0.3) is 0 Å². The topological polar surface area (TPSA) is 63.2 Å². The maximum Gasteiger partial charge on any atom is 0.203 e. The molecule has 1 aliphatic rings. The summed E-state index contributed by atoms with van der Waals surface area (Å²) in [7, 11) is 1.70. The lowest BCUT2D eigenvalue weighted by molar-refractivity contribution is -0.230. The molecule has 0 heterocycles. The minimum absolute atomic E-state index is 0.0504. The molecule has 0 N–H and O–H groups in total. The molecule has 7 heteroatoms. The minimum atomic E-state index is -1.59. The van der Waals surface area contributed by atoms with Gasteiger partial charge in [-0.05, 0) is 84.0 Å². The fraction of sp³-hybridized carbons (Fsp3) is 0.839. The van der Waals surface area contributed by atoms with Gasteiger partial charge in [0.15, 0.2) is 14.1 Å². The zero-order chi connectivity index (χ0) is 28.8. The minimum Gasteiger partial charge on any atom is -0.471 e. The van der Waals surface area contributed by atoms with E-state index in [2.05, 4.69) is 32.6 Å². The molecule has 0 spiro atoms. The first kappa shape index (κ1) is 35.0. The van der Waals surface area contributed by atoms with E-state index < -0.39 is 19.9 Å². The molecule has 1 fully saturated rings. The summed E-state index contributed by atoms with van der Waals surface area (Å²) in [6.07, 6.45) is 17.8. The maximum atomic E-state index is 13.1. The number of hydrogen-bond donors (Lipinski definition) is 0. The van der Waals surface area contributed by atoms with Gasteiger partial charge < -0.3 is 23.4 Å². The van der Waals surface area contributed by atoms with Gasteiger partial charge in [-0.3, -0.25) is 4.79 Å². The first-order valence-electron chi connectivity index (χ1n) is 14.7. The predicted octanol–water partition coefficient (Wildman–Crippen LogP) is 8.18. The predicted molar refractivity (Wildman–Crippen MR) is 158 cm³/mol. The Labute approximate surface area is 235 Å². The molecule has 0 aliphatic heterocycles.